The lowest BCUT2D eigenvalue weighted by Crippen LogP contribution is -2.02. The SMILES string of the molecule is COc1ccc(C=O)c2[nH]cc(CCN)c12. The molecule has 0 aliphatic carbocycles. The van der Waals surface area contributed by atoms with Crippen LogP contribution in [0.3, 0.4) is 0 Å². The van der Waals surface area contributed by atoms with Crippen molar-refractivity contribution < 1.29 is 9.53 Å². The van der Waals surface area contributed by atoms with Crippen molar-refractivity contribution in [2.45, 2.75) is 6.42 Å². The number of hydrogen-bond acceptors (Lipinski definition) is 3. The summed E-state index contributed by atoms with van der Waals surface area (Å²) in [7, 11) is 1.62. The van der Waals surface area contributed by atoms with Crippen molar-refractivity contribution >= 4 is 17.2 Å². The van der Waals surface area contributed by atoms with Crippen molar-refractivity contribution in [3.05, 3.63) is 29.5 Å². The van der Waals surface area contributed by atoms with E-state index in [9.17, 15) is 4.79 Å². The number of nitrogens with two attached hydrogens (primary N) is 1. The molecule has 4 nitrogen and oxygen atoms in total. The van der Waals surface area contributed by atoms with Crippen molar-refractivity contribution in [3.63, 3.8) is 0 Å². The lowest BCUT2D eigenvalue weighted by atomic mass is 10.1. The van der Waals surface area contributed by atoms with E-state index in [0.29, 0.717) is 12.1 Å². The van der Waals surface area contributed by atoms with E-state index >= 15 is 0 Å². The number of carbonyl (C=O) groups is 1. The Bertz CT molecular complexity index is 517. The van der Waals surface area contributed by atoms with Gasteiger partial charge in [-0.3, -0.25) is 4.79 Å². The maximum Gasteiger partial charge on any atom is 0.152 e. The van der Waals surface area contributed by atoms with Gasteiger partial charge in [0.1, 0.15) is 5.75 Å². The standard InChI is InChI=1S/C12H14N2O2/c1-16-10-3-2-9(7-15)12-11(10)8(4-5-13)6-14-12/h2-3,6-7,14H,4-5,13H2,1H3. The molecular weight excluding hydrogens is 204 g/mol. The van der Waals surface area contributed by atoms with E-state index in [0.717, 1.165) is 34.9 Å². The van der Waals surface area contributed by atoms with Gasteiger partial charge >= 0.3 is 0 Å². The largest absolute Gasteiger partial charge is 0.496 e. The Kier molecular flexibility index (Phi) is 2.92. The molecule has 0 aliphatic heterocycles. The fraction of sp³-hybridized carbons (Fsp3) is 0.250. The molecule has 1 aromatic carbocycles. The zero-order chi connectivity index (χ0) is 11.5. The Morgan fingerprint density at radius 3 is 2.94 bits per heavy atom. The summed E-state index contributed by atoms with van der Waals surface area (Å²) >= 11 is 0. The highest BCUT2D eigenvalue weighted by atomic mass is 16.5. The van der Waals surface area contributed by atoms with Crippen molar-refractivity contribution in [1.82, 2.24) is 4.98 Å². The molecule has 0 saturated carbocycles. The minimum absolute atomic E-state index is 0.571. The minimum Gasteiger partial charge on any atom is -0.496 e. The molecule has 2 rings (SSSR count). The van der Waals surface area contributed by atoms with E-state index in [1.54, 1.807) is 19.2 Å². The van der Waals surface area contributed by atoms with Crippen LogP contribution in [-0.2, 0) is 6.42 Å². The molecule has 0 spiro atoms. The molecule has 0 unspecified atom stereocenters. The Morgan fingerprint density at radius 2 is 2.31 bits per heavy atom. The number of ether oxygens (including phenoxy) is 1. The van der Waals surface area contributed by atoms with Gasteiger partial charge < -0.3 is 15.5 Å². The lowest BCUT2D eigenvalue weighted by Gasteiger charge is -2.05. The number of hydrogen-bond donors (Lipinski definition) is 2. The van der Waals surface area contributed by atoms with Gasteiger partial charge in [0.05, 0.1) is 12.6 Å². The normalized spacial score (nSPS) is 10.6. The van der Waals surface area contributed by atoms with Gasteiger partial charge in [0.15, 0.2) is 6.29 Å². The molecule has 0 aliphatic rings. The maximum absolute atomic E-state index is 10.9. The van der Waals surface area contributed by atoms with E-state index < -0.39 is 0 Å². The number of aromatic amines is 1. The monoisotopic (exact) mass is 218 g/mol. The highest BCUT2D eigenvalue weighted by Crippen LogP contribution is 2.30. The number of methoxy groups -OCH3 is 1. The minimum atomic E-state index is 0.571. The molecule has 0 bridgehead atoms. The van der Waals surface area contributed by atoms with Crippen LogP contribution in [0.2, 0.25) is 0 Å². The number of rotatable bonds is 4. The summed E-state index contributed by atoms with van der Waals surface area (Å²) in [5.74, 6) is 0.769. The van der Waals surface area contributed by atoms with Crippen molar-refractivity contribution in [2.75, 3.05) is 13.7 Å². The number of aromatic nitrogens is 1. The Morgan fingerprint density at radius 1 is 1.50 bits per heavy atom. The first kappa shape index (κ1) is 10.7. The van der Waals surface area contributed by atoms with E-state index in [4.69, 9.17) is 10.5 Å². The molecule has 3 N–H and O–H groups in total. The molecule has 0 radical (unpaired) electrons. The molecule has 4 heteroatoms. The third-order valence-electron chi connectivity index (χ3n) is 2.67. The summed E-state index contributed by atoms with van der Waals surface area (Å²) in [4.78, 5) is 14.0. The van der Waals surface area contributed by atoms with Crippen LogP contribution in [0.25, 0.3) is 10.9 Å². The van der Waals surface area contributed by atoms with Crippen LogP contribution < -0.4 is 10.5 Å². The first-order valence-electron chi connectivity index (χ1n) is 5.14. The van der Waals surface area contributed by atoms with E-state index in [1.165, 1.54) is 0 Å². The van der Waals surface area contributed by atoms with Crippen LogP contribution in [-0.4, -0.2) is 24.9 Å². The topological polar surface area (TPSA) is 68.1 Å². The molecular formula is C12H14N2O2. The maximum atomic E-state index is 10.9. The number of benzene rings is 1. The zero-order valence-corrected chi connectivity index (χ0v) is 9.12. The second-order valence-electron chi connectivity index (χ2n) is 3.58. The zero-order valence-electron chi connectivity index (χ0n) is 9.12. The Balaban J connectivity index is 2.72. The molecule has 16 heavy (non-hydrogen) atoms. The number of nitrogens with one attached hydrogen (secondary N) is 1. The van der Waals surface area contributed by atoms with Gasteiger partial charge in [0.25, 0.3) is 0 Å². The smallest absolute Gasteiger partial charge is 0.152 e. The lowest BCUT2D eigenvalue weighted by molar-refractivity contribution is 0.112. The molecule has 1 aromatic heterocycles. The van der Waals surface area contributed by atoms with E-state index in [-0.39, 0.29) is 0 Å². The molecule has 1 heterocycles. The number of aldehydes is 1. The number of carbonyl (C=O) groups excluding carboxylic acids is 1. The Hall–Kier alpha value is -1.81. The van der Waals surface area contributed by atoms with Crippen LogP contribution in [0, 0.1) is 0 Å². The summed E-state index contributed by atoms with van der Waals surface area (Å²) in [6.07, 6.45) is 3.48. The average Bonchev–Trinajstić information content (AvgIpc) is 2.73. The third-order valence-corrected chi connectivity index (χ3v) is 2.67. The summed E-state index contributed by atoms with van der Waals surface area (Å²) < 4.78 is 5.30. The first-order valence-corrected chi connectivity index (χ1v) is 5.14. The number of fused-ring (bicyclic) bond motifs is 1. The van der Waals surface area contributed by atoms with Crippen LogP contribution in [0.15, 0.2) is 18.3 Å². The van der Waals surface area contributed by atoms with Gasteiger partial charge in [0.2, 0.25) is 0 Å². The summed E-state index contributed by atoms with van der Waals surface area (Å²) in [5, 5.41) is 0.956. The van der Waals surface area contributed by atoms with Crippen LogP contribution in [0.5, 0.6) is 5.75 Å². The fourth-order valence-corrected chi connectivity index (χ4v) is 1.93. The fourth-order valence-electron chi connectivity index (χ4n) is 1.93. The molecule has 0 saturated heterocycles. The highest BCUT2D eigenvalue weighted by molar-refractivity contribution is 6.00. The van der Waals surface area contributed by atoms with Crippen LogP contribution >= 0.6 is 0 Å². The first-order chi connectivity index (χ1) is 7.81. The second kappa shape index (κ2) is 4.37. The summed E-state index contributed by atoms with van der Waals surface area (Å²) in [6, 6.07) is 3.55. The molecule has 0 fully saturated rings. The van der Waals surface area contributed by atoms with E-state index in [1.807, 2.05) is 6.20 Å². The summed E-state index contributed by atoms with van der Waals surface area (Å²) in [6.45, 7) is 0.571. The van der Waals surface area contributed by atoms with Crippen molar-refractivity contribution in [1.29, 1.82) is 0 Å². The van der Waals surface area contributed by atoms with Crippen molar-refractivity contribution in [2.24, 2.45) is 5.73 Å². The van der Waals surface area contributed by atoms with Gasteiger partial charge in [-0.25, -0.2) is 0 Å². The molecule has 0 amide bonds. The van der Waals surface area contributed by atoms with Gasteiger partial charge in [-0.2, -0.15) is 0 Å². The molecule has 0 atom stereocenters. The van der Waals surface area contributed by atoms with Gasteiger partial charge in [-0.15, -0.1) is 0 Å². The predicted octanol–water partition coefficient (Wildman–Crippen LogP) is 1.49. The van der Waals surface area contributed by atoms with Crippen molar-refractivity contribution in [3.8, 4) is 5.75 Å². The van der Waals surface area contributed by atoms with E-state index in [2.05, 4.69) is 4.98 Å². The highest BCUT2D eigenvalue weighted by Gasteiger charge is 2.11. The van der Waals surface area contributed by atoms with Gasteiger partial charge in [0, 0.05) is 17.1 Å². The van der Waals surface area contributed by atoms with Gasteiger partial charge in [-0.1, -0.05) is 0 Å². The Labute approximate surface area is 93.4 Å². The summed E-state index contributed by atoms with van der Waals surface area (Å²) in [5.41, 5.74) is 8.09. The van der Waals surface area contributed by atoms with Crippen LogP contribution in [0.4, 0.5) is 0 Å². The predicted molar refractivity (Wildman–Crippen MR) is 63.0 cm³/mol. The van der Waals surface area contributed by atoms with Crippen LogP contribution in [0.1, 0.15) is 15.9 Å². The average molecular weight is 218 g/mol. The van der Waals surface area contributed by atoms with Gasteiger partial charge in [-0.05, 0) is 30.7 Å². The third kappa shape index (κ3) is 1.57. The molecule has 84 valence electrons. The second-order valence-corrected chi connectivity index (χ2v) is 3.58. The quantitative estimate of drug-likeness (QED) is 0.764. The molecule has 2 aromatic rings. The number of H-pyrrole nitrogens is 1.